The van der Waals surface area contributed by atoms with E-state index < -0.39 is 11.9 Å². The van der Waals surface area contributed by atoms with Crippen molar-refractivity contribution in [2.45, 2.75) is 70.9 Å². The molecular weight excluding hydrogens is 476 g/mol. The van der Waals surface area contributed by atoms with Gasteiger partial charge >= 0.3 is 5.97 Å². The molecule has 6 nitrogen and oxygen atoms in total. The van der Waals surface area contributed by atoms with Gasteiger partial charge in [0.15, 0.2) is 0 Å². The van der Waals surface area contributed by atoms with Crippen molar-refractivity contribution < 1.29 is 19.1 Å². The first-order valence-corrected chi connectivity index (χ1v) is 13.1. The van der Waals surface area contributed by atoms with Gasteiger partial charge in [-0.25, -0.2) is 4.79 Å². The zero-order valence-corrected chi connectivity index (χ0v) is 21.6. The first kappa shape index (κ1) is 26.0. The van der Waals surface area contributed by atoms with E-state index in [0.29, 0.717) is 28.4 Å². The molecule has 2 aliphatic rings. The van der Waals surface area contributed by atoms with Crippen molar-refractivity contribution in [3.8, 4) is 0 Å². The van der Waals surface area contributed by atoms with Crippen LogP contribution in [0.15, 0.2) is 59.8 Å². The van der Waals surface area contributed by atoms with Gasteiger partial charge in [-0.1, -0.05) is 61.2 Å². The lowest BCUT2D eigenvalue weighted by Crippen LogP contribution is -2.38. The smallest absolute Gasteiger partial charge is 0.336 e. The second kappa shape index (κ2) is 11.7. The molecule has 4 rings (SSSR count). The van der Waals surface area contributed by atoms with Crippen LogP contribution >= 0.6 is 11.6 Å². The molecule has 2 amide bonds. The van der Waals surface area contributed by atoms with Crippen LogP contribution in [0.1, 0.15) is 79.8 Å². The van der Waals surface area contributed by atoms with Crippen LogP contribution in [0.3, 0.4) is 0 Å². The number of allylic oxidation sites excluding steroid dienone is 1. The molecule has 1 N–H and O–H groups in total. The summed E-state index contributed by atoms with van der Waals surface area (Å²) in [4.78, 5) is 40.5. The Morgan fingerprint density at radius 1 is 1.06 bits per heavy atom. The van der Waals surface area contributed by atoms with Gasteiger partial charge in [-0.05, 0) is 56.0 Å². The van der Waals surface area contributed by atoms with Crippen molar-refractivity contribution in [2.75, 3.05) is 6.61 Å². The Hall–Kier alpha value is -3.12. The average Bonchev–Trinajstić information content (AvgIpc) is 2.87. The van der Waals surface area contributed by atoms with Gasteiger partial charge in [0.1, 0.15) is 0 Å². The molecule has 0 radical (unpaired) electrons. The van der Waals surface area contributed by atoms with E-state index in [0.717, 1.165) is 36.8 Å². The summed E-state index contributed by atoms with van der Waals surface area (Å²) in [7, 11) is 0. The van der Waals surface area contributed by atoms with Crippen molar-refractivity contribution in [1.29, 1.82) is 0 Å². The van der Waals surface area contributed by atoms with Gasteiger partial charge in [-0.15, -0.1) is 0 Å². The summed E-state index contributed by atoms with van der Waals surface area (Å²) >= 11 is 6.44. The molecular formula is C29H33ClN2O4. The minimum atomic E-state index is -0.465. The third-order valence-corrected chi connectivity index (χ3v) is 7.44. The molecule has 1 unspecified atom stereocenters. The third-order valence-electron chi connectivity index (χ3n) is 7.10. The summed E-state index contributed by atoms with van der Waals surface area (Å²) < 4.78 is 5.36. The van der Waals surface area contributed by atoms with Crippen LogP contribution in [0.25, 0.3) is 0 Å². The van der Waals surface area contributed by atoms with Crippen molar-refractivity contribution in [3.63, 3.8) is 0 Å². The largest absolute Gasteiger partial charge is 0.463 e. The molecule has 0 saturated heterocycles. The first-order chi connectivity index (χ1) is 17.4. The Bertz CT molecular complexity index is 1150. The number of hydrogen-bond acceptors (Lipinski definition) is 4. The van der Waals surface area contributed by atoms with Gasteiger partial charge in [0, 0.05) is 34.7 Å². The number of esters is 1. The molecule has 1 aliphatic heterocycles. The van der Waals surface area contributed by atoms with Crippen molar-refractivity contribution in [1.82, 2.24) is 10.2 Å². The molecule has 1 saturated carbocycles. The molecule has 1 atom stereocenters. The molecule has 7 heteroatoms. The number of ether oxygens (including phenoxy) is 1. The predicted molar refractivity (Wildman–Crippen MR) is 139 cm³/mol. The monoisotopic (exact) mass is 508 g/mol. The summed E-state index contributed by atoms with van der Waals surface area (Å²) in [6.45, 7) is 4.08. The third kappa shape index (κ3) is 5.81. The Morgan fingerprint density at radius 2 is 1.75 bits per heavy atom. The number of benzene rings is 2. The summed E-state index contributed by atoms with van der Waals surface area (Å²) in [6.07, 6.45) is 5.74. The molecule has 0 aromatic heterocycles. The summed E-state index contributed by atoms with van der Waals surface area (Å²) in [5.74, 6) is -1.06. The lowest BCUT2D eigenvalue weighted by molar-refractivity contribution is -0.140. The number of rotatable bonds is 7. The Kier molecular flexibility index (Phi) is 8.47. The zero-order valence-electron chi connectivity index (χ0n) is 20.9. The van der Waals surface area contributed by atoms with E-state index in [1.807, 2.05) is 30.3 Å². The first-order valence-electron chi connectivity index (χ1n) is 12.7. The topological polar surface area (TPSA) is 75.7 Å². The van der Waals surface area contributed by atoms with Crippen molar-refractivity contribution in [3.05, 3.63) is 81.5 Å². The van der Waals surface area contributed by atoms with Crippen LogP contribution in [0.5, 0.6) is 0 Å². The van der Waals surface area contributed by atoms with E-state index in [1.165, 1.54) is 6.42 Å². The lowest BCUT2D eigenvalue weighted by atomic mass is 9.83. The molecule has 190 valence electrons. The molecule has 1 heterocycles. The van der Waals surface area contributed by atoms with Gasteiger partial charge in [-0.2, -0.15) is 0 Å². The van der Waals surface area contributed by atoms with E-state index in [1.54, 1.807) is 36.9 Å². The van der Waals surface area contributed by atoms with Crippen molar-refractivity contribution >= 4 is 29.4 Å². The number of nitrogens with zero attached hydrogens (tertiary/aromatic N) is 1. The number of hydrogen-bond donors (Lipinski definition) is 1. The second-order valence-corrected chi connectivity index (χ2v) is 9.89. The van der Waals surface area contributed by atoms with Crippen LogP contribution < -0.4 is 5.32 Å². The predicted octanol–water partition coefficient (Wildman–Crippen LogP) is 5.76. The Morgan fingerprint density at radius 3 is 2.42 bits per heavy atom. The van der Waals surface area contributed by atoms with Crippen LogP contribution in [-0.2, 0) is 20.9 Å². The van der Waals surface area contributed by atoms with E-state index in [2.05, 4.69) is 5.32 Å². The summed E-state index contributed by atoms with van der Waals surface area (Å²) in [6, 6.07) is 14.8. The second-order valence-electron chi connectivity index (χ2n) is 9.48. The highest BCUT2D eigenvalue weighted by Crippen LogP contribution is 2.40. The molecule has 0 bridgehead atoms. The number of carbonyl (C=O) groups excluding carboxylic acids is 3. The molecule has 2 aromatic carbocycles. The fourth-order valence-electron chi connectivity index (χ4n) is 5.16. The minimum absolute atomic E-state index is 0.0641. The van der Waals surface area contributed by atoms with Gasteiger partial charge in [0.2, 0.25) is 5.91 Å². The lowest BCUT2D eigenvalue weighted by Gasteiger charge is -2.34. The van der Waals surface area contributed by atoms with E-state index >= 15 is 0 Å². The standard InChI is InChI=1S/C29H33ClN2O4/c1-3-36-29(35)27-19(2)32(26(33)17-24(27)23-11-7-8-12-25(23)30)18-20-13-15-21(16-14-20)28(34)31-22-9-5-4-6-10-22/h7-8,11-16,22,24H,3-6,9-10,17-18H2,1-2H3,(H,31,34). The molecule has 1 aliphatic carbocycles. The van der Waals surface area contributed by atoms with E-state index in [-0.39, 0.29) is 30.9 Å². The number of halogens is 1. The Balaban J connectivity index is 1.55. The Labute approximate surface area is 217 Å². The van der Waals surface area contributed by atoms with Crippen LogP contribution in [0, 0.1) is 0 Å². The maximum atomic E-state index is 13.3. The van der Waals surface area contributed by atoms with Gasteiger partial charge in [-0.3, -0.25) is 9.59 Å². The highest BCUT2D eigenvalue weighted by atomic mass is 35.5. The number of nitrogens with one attached hydrogen (secondary N) is 1. The van der Waals surface area contributed by atoms with Crippen LogP contribution in [0.2, 0.25) is 5.02 Å². The summed E-state index contributed by atoms with van der Waals surface area (Å²) in [5.41, 5.74) is 3.23. The highest BCUT2D eigenvalue weighted by molar-refractivity contribution is 6.31. The molecule has 36 heavy (non-hydrogen) atoms. The molecule has 1 fully saturated rings. The van der Waals surface area contributed by atoms with Crippen LogP contribution in [0.4, 0.5) is 0 Å². The molecule has 0 spiro atoms. The number of carbonyl (C=O) groups is 3. The maximum Gasteiger partial charge on any atom is 0.336 e. The van der Waals surface area contributed by atoms with Crippen LogP contribution in [-0.4, -0.2) is 35.3 Å². The van der Waals surface area contributed by atoms with E-state index in [9.17, 15) is 14.4 Å². The zero-order chi connectivity index (χ0) is 25.7. The average molecular weight is 509 g/mol. The number of amides is 2. The maximum absolute atomic E-state index is 13.3. The molecule has 2 aromatic rings. The van der Waals surface area contributed by atoms with E-state index in [4.69, 9.17) is 16.3 Å². The fourth-order valence-corrected chi connectivity index (χ4v) is 5.43. The fraction of sp³-hybridized carbons (Fsp3) is 0.414. The van der Waals surface area contributed by atoms with Gasteiger partial charge < -0.3 is 15.0 Å². The highest BCUT2D eigenvalue weighted by Gasteiger charge is 2.37. The minimum Gasteiger partial charge on any atom is -0.463 e. The summed E-state index contributed by atoms with van der Waals surface area (Å²) in [5, 5.41) is 3.65. The SMILES string of the molecule is CCOC(=O)C1=C(C)N(Cc2ccc(C(=O)NC3CCCCC3)cc2)C(=O)CC1c1ccccc1Cl. The van der Waals surface area contributed by atoms with Crippen molar-refractivity contribution in [2.24, 2.45) is 0 Å². The van der Waals surface area contributed by atoms with Gasteiger partial charge in [0.05, 0.1) is 18.7 Å². The quantitative estimate of drug-likeness (QED) is 0.483. The normalized spacial score (nSPS) is 18.8. The van der Waals surface area contributed by atoms with Gasteiger partial charge in [0.25, 0.3) is 5.91 Å².